The highest BCUT2D eigenvalue weighted by atomic mass is 16.3. The zero-order valence-electron chi connectivity index (χ0n) is 25.5. The van der Waals surface area contributed by atoms with E-state index in [1.54, 1.807) is 6.20 Å². The molecular weight excluding hydrogens is 572 g/mol. The Hall–Kier alpha value is -6.32. The van der Waals surface area contributed by atoms with Crippen LogP contribution in [0.4, 0.5) is 0 Å². The monoisotopic (exact) mass is 600 g/mol. The van der Waals surface area contributed by atoms with Gasteiger partial charge in [-0.15, -0.1) is 0 Å². The Kier molecular flexibility index (Phi) is 6.46. The second kappa shape index (κ2) is 11.2. The number of aromatic nitrogens is 2. The maximum absolute atomic E-state index is 6.71. The Morgan fingerprint density at radius 2 is 1.06 bits per heavy atom. The van der Waals surface area contributed by atoms with Crippen LogP contribution in [0.2, 0.25) is 0 Å². The molecule has 0 aliphatic heterocycles. The molecule has 0 saturated heterocycles. The Morgan fingerprint density at radius 3 is 1.83 bits per heavy atom. The molecule has 3 nitrogen and oxygen atoms in total. The van der Waals surface area contributed by atoms with Crippen molar-refractivity contribution >= 4 is 32.6 Å². The fourth-order valence-corrected chi connectivity index (χ4v) is 6.76. The van der Waals surface area contributed by atoms with E-state index in [1.807, 2.05) is 18.3 Å². The van der Waals surface area contributed by atoms with E-state index in [0.717, 1.165) is 61.2 Å². The fourth-order valence-electron chi connectivity index (χ4n) is 6.76. The van der Waals surface area contributed by atoms with E-state index >= 15 is 0 Å². The summed E-state index contributed by atoms with van der Waals surface area (Å²) in [5, 5.41) is 4.78. The zero-order chi connectivity index (χ0) is 31.2. The van der Waals surface area contributed by atoms with E-state index in [0.29, 0.717) is 5.89 Å². The lowest BCUT2D eigenvalue weighted by Gasteiger charge is -2.12. The quantitative estimate of drug-likeness (QED) is 0.197. The molecule has 0 amide bonds. The summed E-state index contributed by atoms with van der Waals surface area (Å²) in [6.07, 6.45) is 3.71. The van der Waals surface area contributed by atoms with Gasteiger partial charge in [0.05, 0.1) is 0 Å². The minimum Gasteiger partial charge on any atom is -0.436 e. The van der Waals surface area contributed by atoms with E-state index in [1.165, 1.54) is 21.5 Å². The van der Waals surface area contributed by atoms with Gasteiger partial charge in [-0.2, -0.15) is 0 Å². The van der Waals surface area contributed by atoms with E-state index in [2.05, 4.69) is 151 Å². The Morgan fingerprint density at radius 1 is 0.404 bits per heavy atom. The second-order valence-corrected chi connectivity index (χ2v) is 11.8. The standard InChI is InChI=1S/C44H28N2O/c1-2-11-29(12-3-1)38-23-22-32(25-40(38)33-17-10-24-45-28-33)44-46-43-41(39-21-9-16-31-14-5-7-19-36(31)39)26-34(27-42(43)47-44)37-20-8-15-30-13-4-6-18-35(30)37/h1-28H. The lowest BCUT2D eigenvalue weighted by Crippen LogP contribution is -1.89. The minimum absolute atomic E-state index is 0.585. The smallest absolute Gasteiger partial charge is 0.227 e. The number of rotatable bonds is 5. The summed E-state index contributed by atoms with van der Waals surface area (Å²) in [6, 6.07) is 55.4. The molecule has 0 N–H and O–H groups in total. The first kappa shape index (κ1) is 27.0. The predicted octanol–water partition coefficient (Wildman–Crippen LogP) is 11.9. The van der Waals surface area contributed by atoms with Gasteiger partial charge in [-0.3, -0.25) is 4.98 Å². The van der Waals surface area contributed by atoms with Crippen molar-refractivity contribution in [3.8, 4) is 56.0 Å². The number of hydrogen-bond donors (Lipinski definition) is 0. The third-order valence-electron chi connectivity index (χ3n) is 9.00. The average molecular weight is 601 g/mol. The van der Waals surface area contributed by atoms with Gasteiger partial charge in [0.15, 0.2) is 5.58 Å². The first-order chi connectivity index (χ1) is 23.3. The summed E-state index contributed by atoms with van der Waals surface area (Å²) >= 11 is 0. The normalized spacial score (nSPS) is 11.4. The van der Waals surface area contributed by atoms with Crippen molar-refractivity contribution < 1.29 is 4.42 Å². The highest BCUT2D eigenvalue weighted by Crippen LogP contribution is 2.41. The number of nitrogens with zero attached hydrogens (tertiary/aromatic N) is 2. The van der Waals surface area contributed by atoms with Crippen LogP contribution in [0.15, 0.2) is 175 Å². The van der Waals surface area contributed by atoms with Crippen molar-refractivity contribution in [2.75, 3.05) is 0 Å². The molecule has 2 aromatic heterocycles. The van der Waals surface area contributed by atoms with Crippen LogP contribution in [0.25, 0.3) is 88.6 Å². The van der Waals surface area contributed by atoms with Gasteiger partial charge in [-0.05, 0) is 85.3 Å². The molecule has 7 aromatic carbocycles. The average Bonchev–Trinajstić information content (AvgIpc) is 3.59. The molecule has 0 fully saturated rings. The summed E-state index contributed by atoms with van der Waals surface area (Å²) < 4.78 is 6.71. The van der Waals surface area contributed by atoms with Crippen molar-refractivity contribution in [1.29, 1.82) is 0 Å². The molecule has 9 aromatic rings. The molecule has 0 bridgehead atoms. The molecule has 9 rings (SSSR count). The fraction of sp³-hybridized carbons (Fsp3) is 0. The van der Waals surface area contributed by atoms with Crippen molar-refractivity contribution in [2.45, 2.75) is 0 Å². The molecule has 0 unspecified atom stereocenters. The van der Waals surface area contributed by atoms with Crippen molar-refractivity contribution in [3.63, 3.8) is 0 Å². The number of benzene rings is 7. The van der Waals surface area contributed by atoms with Gasteiger partial charge in [0.25, 0.3) is 0 Å². The number of oxazole rings is 1. The summed E-state index contributed by atoms with van der Waals surface area (Å²) in [6.45, 7) is 0. The highest BCUT2D eigenvalue weighted by Gasteiger charge is 2.19. The molecule has 0 radical (unpaired) electrons. The highest BCUT2D eigenvalue weighted by molar-refractivity contribution is 6.07. The number of pyridine rings is 1. The van der Waals surface area contributed by atoms with Crippen LogP contribution in [0, 0.1) is 0 Å². The molecular formula is C44H28N2O. The molecule has 2 heterocycles. The third-order valence-corrected chi connectivity index (χ3v) is 9.00. The Bertz CT molecular complexity index is 2560. The molecule has 3 heteroatoms. The number of fused-ring (bicyclic) bond motifs is 3. The summed E-state index contributed by atoms with van der Waals surface area (Å²) in [5.41, 5.74) is 11.3. The first-order valence-corrected chi connectivity index (χ1v) is 15.8. The van der Waals surface area contributed by atoms with Gasteiger partial charge in [0.2, 0.25) is 5.89 Å². The van der Waals surface area contributed by atoms with Gasteiger partial charge in [-0.25, -0.2) is 4.98 Å². The first-order valence-electron chi connectivity index (χ1n) is 15.8. The van der Waals surface area contributed by atoms with Crippen LogP contribution >= 0.6 is 0 Å². The van der Waals surface area contributed by atoms with Gasteiger partial charge < -0.3 is 4.42 Å². The summed E-state index contributed by atoms with van der Waals surface area (Å²) in [7, 11) is 0. The molecule has 0 spiro atoms. The van der Waals surface area contributed by atoms with E-state index < -0.39 is 0 Å². The van der Waals surface area contributed by atoms with Crippen LogP contribution in [-0.2, 0) is 0 Å². The summed E-state index contributed by atoms with van der Waals surface area (Å²) in [5.74, 6) is 0.585. The van der Waals surface area contributed by atoms with Gasteiger partial charge >= 0.3 is 0 Å². The molecule has 47 heavy (non-hydrogen) atoms. The molecule has 0 atom stereocenters. The van der Waals surface area contributed by atoms with Crippen molar-refractivity contribution in [1.82, 2.24) is 9.97 Å². The lowest BCUT2D eigenvalue weighted by molar-refractivity contribution is 0.620. The lowest BCUT2D eigenvalue weighted by atomic mass is 9.92. The van der Waals surface area contributed by atoms with Gasteiger partial charge in [0, 0.05) is 29.1 Å². The Balaban J connectivity index is 1.29. The van der Waals surface area contributed by atoms with Crippen LogP contribution in [-0.4, -0.2) is 9.97 Å². The van der Waals surface area contributed by atoms with E-state index in [9.17, 15) is 0 Å². The van der Waals surface area contributed by atoms with E-state index in [-0.39, 0.29) is 0 Å². The molecule has 0 saturated carbocycles. The van der Waals surface area contributed by atoms with Crippen molar-refractivity contribution in [3.05, 3.63) is 170 Å². The third kappa shape index (κ3) is 4.77. The molecule has 220 valence electrons. The summed E-state index contributed by atoms with van der Waals surface area (Å²) in [4.78, 5) is 9.64. The van der Waals surface area contributed by atoms with Crippen LogP contribution in [0.1, 0.15) is 0 Å². The molecule has 0 aliphatic rings. The van der Waals surface area contributed by atoms with Crippen molar-refractivity contribution in [2.24, 2.45) is 0 Å². The maximum atomic E-state index is 6.71. The van der Waals surface area contributed by atoms with E-state index in [4.69, 9.17) is 9.40 Å². The SMILES string of the molecule is c1ccc(-c2ccc(-c3nc4c(-c5cccc6ccccc56)cc(-c5cccc6ccccc56)cc4o3)cc2-c2cccnc2)cc1. The Labute approximate surface area is 272 Å². The minimum atomic E-state index is 0.585. The second-order valence-electron chi connectivity index (χ2n) is 11.8. The predicted molar refractivity (Wildman–Crippen MR) is 194 cm³/mol. The number of hydrogen-bond acceptors (Lipinski definition) is 3. The zero-order valence-corrected chi connectivity index (χ0v) is 25.5. The van der Waals surface area contributed by atoms with Crippen LogP contribution in [0.5, 0.6) is 0 Å². The van der Waals surface area contributed by atoms with Gasteiger partial charge in [0.1, 0.15) is 5.52 Å². The van der Waals surface area contributed by atoms with Crippen LogP contribution < -0.4 is 0 Å². The van der Waals surface area contributed by atoms with Gasteiger partial charge in [-0.1, -0.05) is 127 Å². The van der Waals surface area contributed by atoms with Crippen LogP contribution in [0.3, 0.4) is 0 Å². The largest absolute Gasteiger partial charge is 0.436 e. The topological polar surface area (TPSA) is 38.9 Å². The molecule has 0 aliphatic carbocycles. The maximum Gasteiger partial charge on any atom is 0.227 e.